The van der Waals surface area contributed by atoms with Crippen molar-refractivity contribution in [2.75, 3.05) is 13.2 Å². The number of carbonyl (C=O) groups is 4. The van der Waals surface area contributed by atoms with E-state index in [1.54, 1.807) is 12.1 Å². The predicted molar refractivity (Wildman–Crippen MR) is 106 cm³/mol. The normalized spacial score (nSPS) is 25.6. The maximum Gasteiger partial charge on any atom is 0.262 e. The van der Waals surface area contributed by atoms with Crippen LogP contribution in [-0.4, -0.2) is 59.5 Å². The first kappa shape index (κ1) is 20.6. The standard InChI is InChI=1S/C21H26N4O5/c1-21(2)24-13(11-30-21)7-8-22-10-12-3-4-14-15(9-12)20(29)25(19(14)28)16-5-6-17(26)23-18(16)27/h3-4,9,13,16,22,24H,5-8,10-11H2,1-2H3,(H,23,26,27)/t13-,16?/m0/s1. The first-order valence-corrected chi connectivity index (χ1v) is 10.2. The summed E-state index contributed by atoms with van der Waals surface area (Å²) in [6, 6.07) is 4.50. The van der Waals surface area contributed by atoms with Crippen molar-refractivity contribution in [3.63, 3.8) is 0 Å². The number of fused-ring (bicyclic) bond motifs is 1. The van der Waals surface area contributed by atoms with Gasteiger partial charge in [-0.1, -0.05) is 6.07 Å². The number of nitrogens with zero attached hydrogens (tertiary/aromatic N) is 1. The second kappa shape index (κ2) is 7.90. The minimum Gasteiger partial charge on any atom is -0.360 e. The molecular weight excluding hydrogens is 388 g/mol. The van der Waals surface area contributed by atoms with Crippen LogP contribution in [0, 0.1) is 0 Å². The molecule has 3 aliphatic rings. The number of piperidine rings is 1. The molecule has 4 rings (SSSR count). The molecule has 0 radical (unpaired) electrons. The van der Waals surface area contributed by atoms with E-state index in [9.17, 15) is 19.2 Å². The Hall–Kier alpha value is -2.62. The Kier molecular flexibility index (Phi) is 5.44. The van der Waals surface area contributed by atoms with Crippen LogP contribution in [0.25, 0.3) is 0 Å². The van der Waals surface area contributed by atoms with Crippen LogP contribution in [-0.2, 0) is 20.9 Å². The van der Waals surface area contributed by atoms with E-state index in [-0.39, 0.29) is 24.5 Å². The number of nitrogens with one attached hydrogen (secondary N) is 3. The van der Waals surface area contributed by atoms with Crippen LogP contribution in [0.4, 0.5) is 0 Å². The predicted octanol–water partition coefficient (Wildman–Crippen LogP) is 0.292. The lowest BCUT2D eigenvalue weighted by atomic mass is 10.0. The van der Waals surface area contributed by atoms with Gasteiger partial charge in [0.25, 0.3) is 11.8 Å². The Balaban J connectivity index is 1.36. The van der Waals surface area contributed by atoms with Crippen LogP contribution in [0.3, 0.4) is 0 Å². The van der Waals surface area contributed by atoms with Crippen molar-refractivity contribution in [3.8, 4) is 0 Å². The fourth-order valence-corrected chi connectivity index (χ4v) is 4.18. The third kappa shape index (κ3) is 4.00. The number of carbonyl (C=O) groups excluding carboxylic acids is 4. The fourth-order valence-electron chi connectivity index (χ4n) is 4.18. The Labute approximate surface area is 174 Å². The molecule has 2 fully saturated rings. The lowest BCUT2D eigenvalue weighted by Gasteiger charge is -2.27. The minimum atomic E-state index is -0.943. The lowest BCUT2D eigenvalue weighted by molar-refractivity contribution is -0.136. The van der Waals surface area contributed by atoms with Gasteiger partial charge in [-0.05, 0) is 50.9 Å². The van der Waals surface area contributed by atoms with Crippen molar-refractivity contribution in [3.05, 3.63) is 34.9 Å². The van der Waals surface area contributed by atoms with Gasteiger partial charge in [-0.2, -0.15) is 0 Å². The molecular formula is C21H26N4O5. The maximum absolute atomic E-state index is 12.8. The van der Waals surface area contributed by atoms with E-state index in [0.717, 1.165) is 23.4 Å². The number of rotatable bonds is 6. The number of amides is 4. The van der Waals surface area contributed by atoms with Gasteiger partial charge in [0.2, 0.25) is 11.8 Å². The molecule has 0 aliphatic carbocycles. The molecule has 2 saturated heterocycles. The van der Waals surface area contributed by atoms with Crippen molar-refractivity contribution in [1.82, 2.24) is 20.9 Å². The zero-order chi connectivity index (χ0) is 21.5. The summed E-state index contributed by atoms with van der Waals surface area (Å²) in [5, 5.41) is 8.96. The van der Waals surface area contributed by atoms with Gasteiger partial charge in [0.15, 0.2) is 0 Å². The highest BCUT2D eigenvalue weighted by molar-refractivity contribution is 6.23. The van der Waals surface area contributed by atoms with Gasteiger partial charge in [-0.3, -0.25) is 34.7 Å². The van der Waals surface area contributed by atoms with E-state index >= 15 is 0 Å². The summed E-state index contributed by atoms with van der Waals surface area (Å²) < 4.78 is 5.65. The number of benzene rings is 1. The van der Waals surface area contributed by atoms with Crippen LogP contribution in [0.1, 0.15) is 59.4 Å². The summed E-state index contributed by atoms with van der Waals surface area (Å²) in [5.74, 6) is -1.96. The quantitative estimate of drug-likeness (QED) is 0.453. The Morgan fingerprint density at radius 3 is 2.63 bits per heavy atom. The number of imide groups is 2. The van der Waals surface area contributed by atoms with E-state index in [1.807, 2.05) is 19.9 Å². The first-order valence-electron chi connectivity index (χ1n) is 10.2. The average molecular weight is 414 g/mol. The molecule has 4 amide bonds. The second-order valence-electron chi connectivity index (χ2n) is 8.46. The molecule has 9 nitrogen and oxygen atoms in total. The minimum absolute atomic E-state index is 0.108. The van der Waals surface area contributed by atoms with Crippen molar-refractivity contribution < 1.29 is 23.9 Å². The van der Waals surface area contributed by atoms with Gasteiger partial charge < -0.3 is 10.1 Å². The number of hydrogen-bond acceptors (Lipinski definition) is 7. The summed E-state index contributed by atoms with van der Waals surface area (Å²) >= 11 is 0. The van der Waals surface area contributed by atoms with E-state index in [2.05, 4.69) is 16.0 Å². The zero-order valence-electron chi connectivity index (χ0n) is 17.1. The van der Waals surface area contributed by atoms with Gasteiger partial charge >= 0.3 is 0 Å². The molecule has 3 N–H and O–H groups in total. The molecule has 1 unspecified atom stereocenters. The van der Waals surface area contributed by atoms with Crippen LogP contribution in [0.5, 0.6) is 0 Å². The molecule has 0 spiro atoms. The lowest BCUT2D eigenvalue weighted by Crippen LogP contribution is -2.54. The molecule has 0 aromatic heterocycles. The summed E-state index contributed by atoms with van der Waals surface area (Å²) in [5.41, 5.74) is 1.20. The SMILES string of the molecule is CC1(C)N[C@@H](CCNCc2ccc3c(c2)C(=O)N(C2CCC(=O)NC2=O)C3=O)CO1. The zero-order valence-corrected chi connectivity index (χ0v) is 17.1. The van der Waals surface area contributed by atoms with Gasteiger partial charge in [0.1, 0.15) is 11.8 Å². The van der Waals surface area contributed by atoms with Crippen molar-refractivity contribution in [1.29, 1.82) is 0 Å². The first-order chi connectivity index (χ1) is 14.2. The summed E-state index contributed by atoms with van der Waals surface area (Å²) in [6.07, 6.45) is 1.17. The van der Waals surface area contributed by atoms with Crippen molar-refractivity contribution >= 4 is 23.6 Å². The molecule has 0 saturated carbocycles. The summed E-state index contributed by atoms with van der Waals surface area (Å²) in [7, 11) is 0. The van der Waals surface area contributed by atoms with Crippen molar-refractivity contribution in [2.24, 2.45) is 0 Å². The summed E-state index contributed by atoms with van der Waals surface area (Å²) in [6.45, 7) is 6.02. The number of hydrogen-bond donors (Lipinski definition) is 3. The van der Waals surface area contributed by atoms with E-state index in [4.69, 9.17) is 4.74 Å². The molecule has 3 heterocycles. The highest BCUT2D eigenvalue weighted by Gasteiger charge is 2.44. The third-order valence-corrected chi connectivity index (χ3v) is 5.70. The molecule has 2 atom stereocenters. The Morgan fingerprint density at radius 1 is 1.17 bits per heavy atom. The van der Waals surface area contributed by atoms with Crippen LogP contribution >= 0.6 is 0 Å². The Morgan fingerprint density at radius 2 is 1.93 bits per heavy atom. The topological polar surface area (TPSA) is 117 Å². The molecule has 1 aromatic carbocycles. The second-order valence-corrected chi connectivity index (χ2v) is 8.46. The average Bonchev–Trinajstić information content (AvgIpc) is 3.16. The van der Waals surface area contributed by atoms with E-state index in [1.165, 1.54) is 0 Å². The van der Waals surface area contributed by atoms with Crippen LogP contribution < -0.4 is 16.0 Å². The van der Waals surface area contributed by atoms with E-state index < -0.39 is 23.8 Å². The van der Waals surface area contributed by atoms with Crippen LogP contribution in [0.2, 0.25) is 0 Å². The smallest absolute Gasteiger partial charge is 0.262 e. The number of ether oxygens (including phenoxy) is 1. The monoisotopic (exact) mass is 414 g/mol. The van der Waals surface area contributed by atoms with Gasteiger partial charge in [0.05, 0.1) is 17.7 Å². The molecule has 9 heteroatoms. The summed E-state index contributed by atoms with van der Waals surface area (Å²) in [4.78, 5) is 50.0. The fraction of sp³-hybridized carbons (Fsp3) is 0.524. The Bertz CT molecular complexity index is 913. The molecule has 1 aromatic rings. The van der Waals surface area contributed by atoms with Gasteiger partial charge in [-0.25, -0.2) is 0 Å². The molecule has 160 valence electrons. The van der Waals surface area contributed by atoms with Gasteiger partial charge in [0, 0.05) is 19.0 Å². The molecule has 3 aliphatic heterocycles. The van der Waals surface area contributed by atoms with Gasteiger partial charge in [-0.15, -0.1) is 0 Å². The highest BCUT2D eigenvalue weighted by atomic mass is 16.5. The molecule has 30 heavy (non-hydrogen) atoms. The van der Waals surface area contributed by atoms with E-state index in [0.29, 0.717) is 30.3 Å². The molecule has 0 bridgehead atoms. The van der Waals surface area contributed by atoms with Crippen molar-refractivity contribution in [2.45, 2.75) is 57.5 Å². The third-order valence-electron chi connectivity index (χ3n) is 5.70. The maximum atomic E-state index is 12.8. The largest absolute Gasteiger partial charge is 0.360 e. The van der Waals surface area contributed by atoms with Crippen LogP contribution in [0.15, 0.2) is 18.2 Å². The highest BCUT2D eigenvalue weighted by Crippen LogP contribution is 2.28.